The minimum Gasteiger partial charge on any atom is -0.277 e. The summed E-state index contributed by atoms with van der Waals surface area (Å²) in [5.74, 6) is -0.454. The number of hydrogen-bond acceptors (Lipinski definition) is 3. The maximum absolute atomic E-state index is 13.3. The van der Waals surface area contributed by atoms with Gasteiger partial charge >= 0.3 is 0 Å². The molecule has 0 fully saturated rings. The number of H-pyrrole nitrogens is 1. The molecular weight excluding hydrogens is 305 g/mol. The first-order chi connectivity index (χ1) is 10.7. The molecule has 1 N–H and O–H groups in total. The van der Waals surface area contributed by atoms with Crippen molar-refractivity contribution >= 4 is 17.2 Å². The molecule has 0 atom stereocenters. The van der Waals surface area contributed by atoms with Crippen molar-refractivity contribution in [2.45, 2.75) is 0 Å². The third kappa shape index (κ3) is 2.05. The summed E-state index contributed by atoms with van der Waals surface area (Å²) < 4.78 is 15.0. The van der Waals surface area contributed by atoms with E-state index < -0.39 is 5.82 Å². The molecule has 4 aromatic rings. The molecule has 3 heterocycles. The van der Waals surface area contributed by atoms with E-state index in [2.05, 4.69) is 20.3 Å². The summed E-state index contributed by atoms with van der Waals surface area (Å²) in [7, 11) is 0. The molecule has 5 nitrogen and oxygen atoms in total. The summed E-state index contributed by atoms with van der Waals surface area (Å²) in [5.41, 5.74) is 3.77. The van der Waals surface area contributed by atoms with Crippen molar-refractivity contribution in [1.29, 1.82) is 0 Å². The van der Waals surface area contributed by atoms with Gasteiger partial charge in [0.2, 0.25) is 0 Å². The number of hydrogen-bond donors (Lipinski definition) is 1. The van der Waals surface area contributed by atoms with E-state index in [1.165, 1.54) is 6.07 Å². The average molecular weight is 314 g/mol. The highest BCUT2D eigenvalue weighted by Gasteiger charge is 2.13. The number of nitrogens with zero attached hydrogens (tertiary/aromatic N) is 4. The van der Waals surface area contributed by atoms with Crippen LogP contribution in [0.25, 0.3) is 28.2 Å². The molecule has 0 saturated carbocycles. The normalized spacial score (nSPS) is 11.2. The molecule has 22 heavy (non-hydrogen) atoms. The van der Waals surface area contributed by atoms with Gasteiger partial charge in [0.15, 0.2) is 5.65 Å². The van der Waals surface area contributed by atoms with Gasteiger partial charge in [-0.05, 0) is 30.3 Å². The Bertz CT molecular complexity index is 975. The minimum atomic E-state index is -0.454. The molecule has 4 rings (SSSR count). The Morgan fingerprint density at radius 1 is 1.18 bits per heavy atom. The van der Waals surface area contributed by atoms with Gasteiger partial charge in [-0.1, -0.05) is 11.6 Å². The number of halogens is 2. The SMILES string of the molecule is Fc1ccc(-c2[nH]ncc2-c2ccc3nccn3n2)cc1Cl. The lowest BCUT2D eigenvalue weighted by molar-refractivity contribution is 0.628. The molecule has 0 amide bonds. The monoisotopic (exact) mass is 313 g/mol. The van der Waals surface area contributed by atoms with Crippen LogP contribution in [0.2, 0.25) is 5.02 Å². The van der Waals surface area contributed by atoms with Crippen LogP contribution in [0.15, 0.2) is 48.9 Å². The highest BCUT2D eigenvalue weighted by atomic mass is 35.5. The lowest BCUT2D eigenvalue weighted by Crippen LogP contribution is -1.93. The number of imidazole rings is 1. The molecule has 0 radical (unpaired) electrons. The maximum Gasteiger partial charge on any atom is 0.153 e. The predicted octanol–water partition coefficient (Wildman–Crippen LogP) is 3.58. The smallest absolute Gasteiger partial charge is 0.153 e. The topological polar surface area (TPSA) is 58.9 Å². The molecule has 1 aromatic carbocycles. The van der Waals surface area contributed by atoms with Crippen LogP contribution >= 0.6 is 11.6 Å². The molecule has 0 aliphatic carbocycles. The van der Waals surface area contributed by atoms with E-state index in [0.29, 0.717) is 0 Å². The first-order valence-electron chi connectivity index (χ1n) is 6.52. The van der Waals surface area contributed by atoms with Crippen LogP contribution in [-0.4, -0.2) is 24.8 Å². The van der Waals surface area contributed by atoms with E-state index in [1.807, 2.05) is 12.1 Å². The lowest BCUT2D eigenvalue weighted by atomic mass is 10.1. The Labute approximate surface area is 129 Å². The number of rotatable bonds is 2. The highest BCUT2D eigenvalue weighted by Crippen LogP contribution is 2.31. The lowest BCUT2D eigenvalue weighted by Gasteiger charge is -2.04. The van der Waals surface area contributed by atoms with Gasteiger partial charge in [-0.25, -0.2) is 13.9 Å². The number of benzene rings is 1. The zero-order chi connectivity index (χ0) is 15.1. The van der Waals surface area contributed by atoms with E-state index >= 15 is 0 Å². The van der Waals surface area contributed by atoms with Crippen molar-refractivity contribution in [1.82, 2.24) is 24.8 Å². The van der Waals surface area contributed by atoms with Crippen LogP contribution in [0, 0.1) is 5.82 Å². The van der Waals surface area contributed by atoms with Gasteiger partial charge in [-0.3, -0.25) is 5.10 Å². The van der Waals surface area contributed by atoms with Crippen LogP contribution in [-0.2, 0) is 0 Å². The quantitative estimate of drug-likeness (QED) is 0.615. The van der Waals surface area contributed by atoms with Gasteiger partial charge < -0.3 is 0 Å². The molecule has 0 aliphatic heterocycles. The summed E-state index contributed by atoms with van der Waals surface area (Å²) in [6.45, 7) is 0. The van der Waals surface area contributed by atoms with Gasteiger partial charge in [0.25, 0.3) is 0 Å². The molecule has 108 valence electrons. The third-order valence-corrected chi connectivity index (χ3v) is 3.67. The summed E-state index contributed by atoms with van der Waals surface area (Å²) in [6.07, 6.45) is 5.13. The van der Waals surface area contributed by atoms with Gasteiger partial charge in [-0.15, -0.1) is 0 Å². The molecule has 0 bridgehead atoms. The average Bonchev–Trinajstić information content (AvgIpc) is 3.17. The molecule has 7 heteroatoms. The number of nitrogens with one attached hydrogen (secondary N) is 1. The highest BCUT2D eigenvalue weighted by molar-refractivity contribution is 6.31. The first kappa shape index (κ1) is 13.0. The maximum atomic E-state index is 13.3. The van der Waals surface area contributed by atoms with Gasteiger partial charge in [0.05, 0.1) is 22.6 Å². The third-order valence-electron chi connectivity index (χ3n) is 3.38. The fraction of sp³-hybridized carbons (Fsp3) is 0. The zero-order valence-electron chi connectivity index (χ0n) is 11.2. The molecular formula is C15H9ClFN5. The Morgan fingerprint density at radius 2 is 2.09 bits per heavy atom. The Hall–Kier alpha value is -2.73. The number of fused-ring (bicyclic) bond motifs is 1. The van der Waals surface area contributed by atoms with E-state index in [4.69, 9.17) is 11.6 Å². The van der Waals surface area contributed by atoms with E-state index in [0.717, 1.165) is 28.2 Å². The molecule has 0 aliphatic rings. The summed E-state index contributed by atoms with van der Waals surface area (Å²) in [5, 5.41) is 11.5. The molecule has 3 aromatic heterocycles. The van der Waals surface area contributed by atoms with Crippen LogP contribution < -0.4 is 0 Å². The van der Waals surface area contributed by atoms with Gasteiger partial charge in [0, 0.05) is 23.5 Å². The second-order valence-corrected chi connectivity index (χ2v) is 5.14. The largest absolute Gasteiger partial charge is 0.277 e. The van der Waals surface area contributed by atoms with Crippen molar-refractivity contribution < 1.29 is 4.39 Å². The fourth-order valence-electron chi connectivity index (χ4n) is 2.31. The Morgan fingerprint density at radius 3 is 2.95 bits per heavy atom. The van der Waals surface area contributed by atoms with Gasteiger partial charge in [0.1, 0.15) is 5.82 Å². The van der Waals surface area contributed by atoms with E-state index in [1.54, 1.807) is 35.2 Å². The molecule has 0 spiro atoms. The standard InChI is InChI=1S/C15H9ClFN5/c16-11-7-9(1-2-12(11)17)15-10(8-19-20-15)13-3-4-14-18-5-6-22(14)21-13/h1-8H,(H,19,20). The first-order valence-corrected chi connectivity index (χ1v) is 6.90. The van der Waals surface area contributed by atoms with E-state index in [9.17, 15) is 4.39 Å². The fourth-order valence-corrected chi connectivity index (χ4v) is 2.49. The van der Waals surface area contributed by atoms with Crippen LogP contribution in [0.4, 0.5) is 4.39 Å². The number of aromatic nitrogens is 5. The van der Waals surface area contributed by atoms with Crippen molar-refractivity contribution in [3.05, 3.63) is 59.8 Å². The van der Waals surface area contributed by atoms with Crippen LogP contribution in [0.3, 0.4) is 0 Å². The Balaban J connectivity index is 1.86. The summed E-state index contributed by atoms with van der Waals surface area (Å²) in [6, 6.07) is 8.27. The van der Waals surface area contributed by atoms with E-state index in [-0.39, 0.29) is 5.02 Å². The van der Waals surface area contributed by atoms with Crippen molar-refractivity contribution in [3.63, 3.8) is 0 Å². The van der Waals surface area contributed by atoms with Crippen LogP contribution in [0.5, 0.6) is 0 Å². The predicted molar refractivity (Wildman–Crippen MR) is 81.0 cm³/mol. The second-order valence-electron chi connectivity index (χ2n) is 4.74. The van der Waals surface area contributed by atoms with Crippen molar-refractivity contribution in [2.24, 2.45) is 0 Å². The summed E-state index contributed by atoms with van der Waals surface area (Å²) in [4.78, 5) is 4.16. The second kappa shape index (κ2) is 4.92. The Kier molecular flexibility index (Phi) is 2.90. The van der Waals surface area contributed by atoms with Crippen LogP contribution in [0.1, 0.15) is 0 Å². The van der Waals surface area contributed by atoms with Crippen molar-refractivity contribution in [2.75, 3.05) is 0 Å². The molecule has 0 unspecified atom stereocenters. The zero-order valence-corrected chi connectivity index (χ0v) is 11.9. The molecule has 0 saturated heterocycles. The van der Waals surface area contributed by atoms with Crippen molar-refractivity contribution in [3.8, 4) is 22.5 Å². The minimum absolute atomic E-state index is 0.0658. The van der Waals surface area contributed by atoms with Gasteiger partial charge in [-0.2, -0.15) is 10.2 Å². The summed E-state index contributed by atoms with van der Waals surface area (Å²) >= 11 is 5.86. The number of aromatic amines is 1.